The molecule has 0 unspecified atom stereocenters. The van der Waals surface area contributed by atoms with Crippen LogP contribution < -0.4 is 10.1 Å². The standard InChI is InChI=1S/C36H32F3N5O4/c37-36(38,39)30-15-6-4-13-27(30)24-41-34(46)35(21-8-12-25-10-2-1-3-11-25)32(29-14-5-7-16-31(29)43-44-40)48-33(42-35)26-17-19-28(20-18-26)47-23-9-22-45/h1-8,10-20,32,45H,9,21-24H2,(H,41,46)/b12-8+/t32-,35-/m1/s1. The number of benzene rings is 4. The topological polar surface area (TPSA) is 129 Å². The molecule has 1 aliphatic heterocycles. The Morgan fingerprint density at radius 1 is 1.02 bits per heavy atom. The Bertz CT molecular complexity index is 1820. The summed E-state index contributed by atoms with van der Waals surface area (Å²) in [5.41, 5.74) is 8.56. The second kappa shape index (κ2) is 15.3. The van der Waals surface area contributed by atoms with Crippen molar-refractivity contribution in [1.82, 2.24) is 5.32 Å². The first-order chi connectivity index (χ1) is 23.2. The number of hydrogen-bond donors (Lipinski definition) is 2. The molecular formula is C36H32F3N5O4. The van der Waals surface area contributed by atoms with Crippen molar-refractivity contribution < 1.29 is 32.5 Å². The van der Waals surface area contributed by atoms with E-state index in [9.17, 15) is 23.5 Å². The van der Waals surface area contributed by atoms with Crippen molar-refractivity contribution in [2.24, 2.45) is 10.1 Å². The summed E-state index contributed by atoms with van der Waals surface area (Å²) < 4.78 is 53.5. The first-order valence-electron chi connectivity index (χ1n) is 15.1. The summed E-state index contributed by atoms with van der Waals surface area (Å²) in [5, 5.41) is 15.6. The molecule has 1 amide bonds. The fraction of sp³-hybridized carbons (Fsp3) is 0.222. The number of alkyl halides is 3. The van der Waals surface area contributed by atoms with Crippen LogP contribution in [-0.4, -0.2) is 35.7 Å². The zero-order valence-corrected chi connectivity index (χ0v) is 25.7. The van der Waals surface area contributed by atoms with Crippen molar-refractivity contribution >= 4 is 23.6 Å². The molecule has 0 aliphatic carbocycles. The number of aliphatic imine (C=N–C) groups is 1. The summed E-state index contributed by atoms with van der Waals surface area (Å²) in [6.07, 6.45) is -1.73. The summed E-state index contributed by atoms with van der Waals surface area (Å²) in [7, 11) is 0. The lowest BCUT2D eigenvalue weighted by atomic mass is 9.83. The van der Waals surface area contributed by atoms with Crippen LogP contribution in [0.15, 0.2) is 119 Å². The third kappa shape index (κ3) is 7.86. The molecule has 9 nitrogen and oxygen atoms in total. The average molecular weight is 656 g/mol. The summed E-state index contributed by atoms with van der Waals surface area (Å²) >= 11 is 0. The van der Waals surface area contributed by atoms with Gasteiger partial charge < -0.3 is 19.9 Å². The van der Waals surface area contributed by atoms with E-state index in [0.29, 0.717) is 29.9 Å². The van der Waals surface area contributed by atoms with Gasteiger partial charge in [-0.15, -0.1) is 0 Å². The normalized spacial score (nSPS) is 17.3. The second-order valence-electron chi connectivity index (χ2n) is 10.9. The Balaban J connectivity index is 1.59. The van der Waals surface area contributed by atoms with E-state index in [1.165, 1.54) is 18.2 Å². The van der Waals surface area contributed by atoms with E-state index in [1.807, 2.05) is 36.4 Å². The maximum atomic E-state index is 14.4. The summed E-state index contributed by atoms with van der Waals surface area (Å²) in [5.74, 6) is -0.0253. The highest BCUT2D eigenvalue weighted by Gasteiger charge is 2.53. The molecule has 12 heteroatoms. The van der Waals surface area contributed by atoms with Crippen LogP contribution in [0.3, 0.4) is 0 Å². The maximum Gasteiger partial charge on any atom is 0.416 e. The van der Waals surface area contributed by atoms with E-state index in [-0.39, 0.29) is 30.2 Å². The Hall–Kier alpha value is -5.58. The molecule has 2 N–H and O–H groups in total. The lowest BCUT2D eigenvalue weighted by molar-refractivity contribution is -0.138. The van der Waals surface area contributed by atoms with Gasteiger partial charge in [0.2, 0.25) is 5.90 Å². The van der Waals surface area contributed by atoms with Gasteiger partial charge in [-0.2, -0.15) is 13.2 Å². The fourth-order valence-electron chi connectivity index (χ4n) is 5.36. The molecule has 0 saturated heterocycles. The number of carbonyl (C=O) groups excluding carboxylic acids is 1. The summed E-state index contributed by atoms with van der Waals surface area (Å²) in [6, 6.07) is 27.8. The first kappa shape index (κ1) is 33.8. The number of amides is 1. The zero-order chi connectivity index (χ0) is 34.0. The molecule has 1 heterocycles. The van der Waals surface area contributed by atoms with Gasteiger partial charge in [0.05, 0.1) is 12.2 Å². The monoisotopic (exact) mass is 655 g/mol. The van der Waals surface area contributed by atoms with E-state index < -0.39 is 35.8 Å². The van der Waals surface area contributed by atoms with Gasteiger partial charge in [0.15, 0.2) is 11.6 Å². The molecule has 2 atom stereocenters. The SMILES string of the molecule is [N-]=[N+]=Nc1ccccc1[C@H]1OC(c2ccc(OCCCO)cc2)=N[C@@]1(C/C=C/c1ccccc1)C(=O)NCc1ccccc1C(F)(F)F. The highest BCUT2D eigenvalue weighted by atomic mass is 19.4. The molecule has 0 radical (unpaired) electrons. The van der Waals surface area contributed by atoms with Crippen LogP contribution in [0.5, 0.6) is 5.75 Å². The van der Waals surface area contributed by atoms with Gasteiger partial charge in [0, 0.05) is 47.7 Å². The second-order valence-corrected chi connectivity index (χ2v) is 10.9. The molecule has 5 rings (SSSR count). The third-order valence-corrected chi connectivity index (χ3v) is 7.70. The molecule has 4 aromatic carbocycles. The molecule has 0 fully saturated rings. The minimum absolute atomic E-state index is 0.00784. The number of rotatable bonds is 13. The van der Waals surface area contributed by atoms with Gasteiger partial charge in [-0.1, -0.05) is 90.1 Å². The van der Waals surface area contributed by atoms with Crippen molar-refractivity contribution in [2.75, 3.05) is 13.2 Å². The third-order valence-electron chi connectivity index (χ3n) is 7.70. The molecule has 48 heavy (non-hydrogen) atoms. The maximum absolute atomic E-state index is 14.4. The molecule has 4 aromatic rings. The van der Waals surface area contributed by atoms with E-state index in [0.717, 1.165) is 11.6 Å². The van der Waals surface area contributed by atoms with Crippen LogP contribution in [0.25, 0.3) is 16.5 Å². The highest BCUT2D eigenvalue weighted by Crippen LogP contribution is 2.46. The molecule has 1 aliphatic rings. The minimum Gasteiger partial charge on any atom is -0.494 e. The predicted molar refractivity (Wildman–Crippen MR) is 175 cm³/mol. The molecule has 0 bridgehead atoms. The average Bonchev–Trinajstić information content (AvgIpc) is 3.48. The van der Waals surface area contributed by atoms with Crippen molar-refractivity contribution in [3.8, 4) is 5.75 Å². The van der Waals surface area contributed by atoms with Gasteiger partial charge in [-0.05, 0) is 47.0 Å². The Morgan fingerprint density at radius 2 is 1.73 bits per heavy atom. The molecule has 0 aromatic heterocycles. The number of halogens is 3. The van der Waals surface area contributed by atoms with Gasteiger partial charge in [-0.25, -0.2) is 4.99 Å². The van der Waals surface area contributed by atoms with Crippen LogP contribution in [-0.2, 0) is 22.3 Å². The quantitative estimate of drug-likeness (QED) is 0.0653. The van der Waals surface area contributed by atoms with Crippen LogP contribution in [0.2, 0.25) is 0 Å². The molecule has 0 saturated carbocycles. The largest absolute Gasteiger partial charge is 0.494 e. The number of aliphatic hydroxyl groups is 1. The van der Waals surface area contributed by atoms with Crippen LogP contribution in [0, 0.1) is 0 Å². The Labute approximate surface area is 275 Å². The van der Waals surface area contributed by atoms with Gasteiger partial charge in [-0.3, -0.25) is 4.79 Å². The molecule has 246 valence electrons. The van der Waals surface area contributed by atoms with Crippen LogP contribution >= 0.6 is 0 Å². The van der Waals surface area contributed by atoms with E-state index in [2.05, 4.69) is 15.3 Å². The number of azide groups is 1. The van der Waals surface area contributed by atoms with Gasteiger partial charge >= 0.3 is 6.18 Å². The van der Waals surface area contributed by atoms with Crippen LogP contribution in [0.4, 0.5) is 18.9 Å². The summed E-state index contributed by atoms with van der Waals surface area (Å²) in [4.78, 5) is 22.2. The Morgan fingerprint density at radius 3 is 2.46 bits per heavy atom. The number of carbonyl (C=O) groups is 1. The highest BCUT2D eigenvalue weighted by molar-refractivity contribution is 6.01. The van der Waals surface area contributed by atoms with Crippen LogP contribution in [0.1, 0.15) is 46.8 Å². The number of nitrogens with one attached hydrogen (secondary N) is 1. The molecule has 0 spiro atoms. The first-order valence-corrected chi connectivity index (χ1v) is 15.1. The van der Waals surface area contributed by atoms with Crippen molar-refractivity contribution in [1.29, 1.82) is 0 Å². The smallest absolute Gasteiger partial charge is 0.416 e. The van der Waals surface area contributed by atoms with Crippen molar-refractivity contribution in [2.45, 2.75) is 37.2 Å². The van der Waals surface area contributed by atoms with E-state index in [4.69, 9.17) is 19.6 Å². The van der Waals surface area contributed by atoms with Crippen molar-refractivity contribution in [3.05, 3.63) is 147 Å². The van der Waals surface area contributed by atoms with Crippen molar-refractivity contribution in [3.63, 3.8) is 0 Å². The predicted octanol–water partition coefficient (Wildman–Crippen LogP) is 8.09. The Kier molecular flexibility index (Phi) is 10.8. The van der Waals surface area contributed by atoms with Gasteiger partial charge in [0.25, 0.3) is 5.91 Å². The van der Waals surface area contributed by atoms with E-state index in [1.54, 1.807) is 54.6 Å². The van der Waals surface area contributed by atoms with E-state index >= 15 is 0 Å². The lowest BCUT2D eigenvalue weighted by Crippen LogP contribution is -2.48. The minimum atomic E-state index is -4.62. The zero-order valence-electron chi connectivity index (χ0n) is 25.7. The number of hydrogen-bond acceptors (Lipinski definition) is 6. The fourth-order valence-corrected chi connectivity index (χ4v) is 5.36. The number of aliphatic hydroxyl groups excluding tert-OH is 1. The number of ether oxygens (including phenoxy) is 2. The number of nitrogens with zero attached hydrogens (tertiary/aromatic N) is 4. The van der Waals surface area contributed by atoms with Gasteiger partial charge in [0.1, 0.15) is 5.75 Å². The summed E-state index contributed by atoms with van der Waals surface area (Å²) in [6.45, 7) is -0.111. The lowest BCUT2D eigenvalue weighted by Gasteiger charge is -2.30. The molecular weight excluding hydrogens is 623 g/mol.